The summed E-state index contributed by atoms with van der Waals surface area (Å²) in [6.07, 6.45) is 0.344. The second-order valence-electron chi connectivity index (χ2n) is 3.90. The molecule has 0 heterocycles. The summed E-state index contributed by atoms with van der Waals surface area (Å²) in [6.45, 7) is 0. The van der Waals surface area contributed by atoms with E-state index in [-0.39, 0.29) is 5.91 Å². The fourth-order valence-electron chi connectivity index (χ4n) is 1.54. The Balaban J connectivity index is 1.96. The number of amides is 1. The average molecular weight is 278 g/mol. The monoisotopic (exact) mass is 277 g/mol. The van der Waals surface area contributed by atoms with Crippen molar-refractivity contribution < 1.29 is 4.79 Å². The van der Waals surface area contributed by atoms with Crippen LogP contribution < -0.4 is 5.32 Å². The average Bonchev–Trinajstić information content (AvgIpc) is 2.35. The molecule has 0 aliphatic heterocycles. The van der Waals surface area contributed by atoms with Crippen molar-refractivity contribution >= 4 is 35.8 Å². The Hall–Kier alpha value is -1.45. The highest BCUT2D eigenvalue weighted by Gasteiger charge is 2.03. The maximum absolute atomic E-state index is 11.8. The van der Waals surface area contributed by atoms with Crippen LogP contribution in [0.25, 0.3) is 0 Å². The van der Waals surface area contributed by atoms with E-state index in [4.69, 9.17) is 11.6 Å². The van der Waals surface area contributed by atoms with Gasteiger partial charge in [0.1, 0.15) is 0 Å². The second kappa shape index (κ2) is 5.94. The number of rotatable bonds is 3. The van der Waals surface area contributed by atoms with Crippen LogP contribution in [0.4, 0.5) is 5.69 Å². The maximum atomic E-state index is 11.8. The summed E-state index contributed by atoms with van der Waals surface area (Å²) in [5.74, 6) is -0.0516. The van der Waals surface area contributed by atoms with Crippen LogP contribution in [0.15, 0.2) is 53.4 Å². The molecule has 0 saturated heterocycles. The smallest absolute Gasteiger partial charge is 0.228 e. The summed E-state index contributed by atoms with van der Waals surface area (Å²) < 4.78 is 0. The molecule has 1 amide bonds. The zero-order valence-corrected chi connectivity index (χ0v) is 11.2. The van der Waals surface area contributed by atoms with E-state index in [9.17, 15) is 4.79 Å². The fourth-order valence-corrected chi connectivity index (χ4v) is 1.81. The van der Waals surface area contributed by atoms with Crippen LogP contribution in [0.2, 0.25) is 5.02 Å². The first-order chi connectivity index (χ1) is 8.63. The predicted molar refractivity (Wildman–Crippen MR) is 77.5 cm³/mol. The molecule has 2 rings (SSSR count). The fraction of sp³-hybridized carbons (Fsp3) is 0.0714. The van der Waals surface area contributed by atoms with Crippen LogP contribution in [0.1, 0.15) is 5.56 Å². The molecule has 0 atom stereocenters. The summed E-state index contributed by atoms with van der Waals surface area (Å²) in [4.78, 5) is 12.7. The van der Waals surface area contributed by atoms with Gasteiger partial charge >= 0.3 is 0 Å². The van der Waals surface area contributed by atoms with E-state index in [0.29, 0.717) is 11.4 Å². The van der Waals surface area contributed by atoms with Gasteiger partial charge < -0.3 is 5.32 Å². The first kappa shape index (κ1) is 13.0. The highest BCUT2D eigenvalue weighted by Crippen LogP contribution is 2.14. The summed E-state index contributed by atoms with van der Waals surface area (Å²) in [5, 5.41) is 3.47. The van der Waals surface area contributed by atoms with Gasteiger partial charge in [-0.2, -0.15) is 0 Å². The molecule has 92 valence electrons. The van der Waals surface area contributed by atoms with Crippen LogP contribution in [0.3, 0.4) is 0 Å². The molecule has 0 bridgehead atoms. The molecule has 0 spiro atoms. The van der Waals surface area contributed by atoms with E-state index in [1.807, 2.05) is 24.3 Å². The highest BCUT2D eigenvalue weighted by atomic mass is 35.5. The number of carbonyl (C=O) groups excluding carboxylic acids is 1. The predicted octanol–water partition coefficient (Wildman–Crippen LogP) is 3.81. The molecule has 1 N–H and O–H groups in total. The number of thiol groups is 1. The topological polar surface area (TPSA) is 29.1 Å². The van der Waals surface area contributed by atoms with Gasteiger partial charge in [-0.15, -0.1) is 12.6 Å². The van der Waals surface area contributed by atoms with E-state index in [2.05, 4.69) is 17.9 Å². The Labute approximate surface area is 116 Å². The Morgan fingerprint density at radius 1 is 1.06 bits per heavy atom. The van der Waals surface area contributed by atoms with Gasteiger partial charge in [0.15, 0.2) is 0 Å². The van der Waals surface area contributed by atoms with E-state index < -0.39 is 0 Å². The van der Waals surface area contributed by atoms with Gasteiger partial charge in [-0.3, -0.25) is 4.79 Å². The number of halogens is 1. The lowest BCUT2D eigenvalue weighted by Gasteiger charge is -2.05. The van der Waals surface area contributed by atoms with Gasteiger partial charge in [-0.1, -0.05) is 23.7 Å². The molecule has 2 nitrogen and oxygen atoms in total. The molecular formula is C14H12ClNOS. The number of hydrogen-bond acceptors (Lipinski definition) is 2. The van der Waals surface area contributed by atoms with Crippen LogP contribution in [0.5, 0.6) is 0 Å². The van der Waals surface area contributed by atoms with Crippen LogP contribution in [-0.4, -0.2) is 5.91 Å². The van der Waals surface area contributed by atoms with Crippen molar-refractivity contribution in [1.29, 1.82) is 0 Å². The van der Waals surface area contributed by atoms with Crippen LogP contribution >= 0.6 is 24.2 Å². The lowest BCUT2D eigenvalue weighted by Crippen LogP contribution is -2.14. The molecule has 0 radical (unpaired) electrons. The van der Waals surface area contributed by atoms with E-state index in [1.54, 1.807) is 24.3 Å². The van der Waals surface area contributed by atoms with Crippen molar-refractivity contribution in [1.82, 2.24) is 0 Å². The van der Waals surface area contributed by atoms with Crippen molar-refractivity contribution in [2.45, 2.75) is 11.3 Å². The zero-order valence-electron chi connectivity index (χ0n) is 9.56. The largest absolute Gasteiger partial charge is 0.326 e. The summed E-state index contributed by atoms with van der Waals surface area (Å²) in [6, 6.07) is 14.6. The van der Waals surface area contributed by atoms with Gasteiger partial charge in [-0.25, -0.2) is 0 Å². The Kier molecular flexibility index (Phi) is 4.28. The highest BCUT2D eigenvalue weighted by molar-refractivity contribution is 7.80. The quantitative estimate of drug-likeness (QED) is 0.821. The van der Waals surface area contributed by atoms with E-state index in [1.165, 1.54) is 0 Å². The minimum absolute atomic E-state index is 0.0516. The molecule has 4 heteroatoms. The summed E-state index contributed by atoms with van der Waals surface area (Å²) in [7, 11) is 0. The number of benzene rings is 2. The minimum Gasteiger partial charge on any atom is -0.326 e. The van der Waals surface area contributed by atoms with Gasteiger partial charge in [0, 0.05) is 15.6 Å². The standard InChI is InChI=1S/C14H12ClNOS/c15-11-3-5-12(6-4-11)16-14(17)9-10-1-7-13(18)8-2-10/h1-8,18H,9H2,(H,16,17). The molecule has 0 aliphatic carbocycles. The van der Waals surface area contributed by atoms with E-state index in [0.717, 1.165) is 16.1 Å². The molecule has 2 aromatic carbocycles. The Bertz CT molecular complexity index is 487. The number of hydrogen-bond donors (Lipinski definition) is 2. The number of nitrogens with one attached hydrogen (secondary N) is 1. The van der Waals surface area contributed by atoms with Crippen molar-refractivity contribution in [2.75, 3.05) is 5.32 Å². The third-order valence-electron chi connectivity index (χ3n) is 2.43. The molecule has 0 aliphatic rings. The van der Waals surface area contributed by atoms with Gasteiger partial charge in [0.2, 0.25) is 5.91 Å². The normalized spacial score (nSPS) is 10.1. The molecule has 2 aromatic rings. The van der Waals surface area contributed by atoms with E-state index >= 15 is 0 Å². The number of carbonyl (C=O) groups is 1. The van der Waals surface area contributed by atoms with Gasteiger partial charge in [-0.05, 0) is 42.0 Å². The lowest BCUT2D eigenvalue weighted by atomic mass is 10.1. The van der Waals surface area contributed by atoms with Gasteiger partial charge in [0.05, 0.1) is 6.42 Å². The second-order valence-corrected chi connectivity index (χ2v) is 4.85. The molecule has 0 fully saturated rings. The van der Waals surface area contributed by atoms with Crippen LogP contribution in [-0.2, 0) is 11.2 Å². The summed E-state index contributed by atoms with van der Waals surface area (Å²) >= 11 is 9.97. The number of anilines is 1. The molecular weight excluding hydrogens is 266 g/mol. The SMILES string of the molecule is O=C(Cc1ccc(S)cc1)Nc1ccc(Cl)cc1. The van der Waals surface area contributed by atoms with Crippen molar-refractivity contribution in [3.8, 4) is 0 Å². The third kappa shape index (κ3) is 3.79. The third-order valence-corrected chi connectivity index (χ3v) is 2.98. The zero-order chi connectivity index (χ0) is 13.0. The molecule has 0 unspecified atom stereocenters. The Morgan fingerprint density at radius 3 is 2.28 bits per heavy atom. The molecule has 18 heavy (non-hydrogen) atoms. The molecule has 0 aromatic heterocycles. The molecule has 0 saturated carbocycles. The Morgan fingerprint density at radius 2 is 1.67 bits per heavy atom. The maximum Gasteiger partial charge on any atom is 0.228 e. The van der Waals surface area contributed by atoms with Crippen molar-refractivity contribution in [2.24, 2.45) is 0 Å². The minimum atomic E-state index is -0.0516. The van der Waals surface area contributed by atoms with Gasteiger partial charge in [0.25, 0.3) is 0 Å². The van der Waals surface area contributed by atoms with Crippen molar-refractivity contribution in [3.05, 3.63) is 59.1 Å². The van der Waals surface area contributed by atoms with Crippen LogP contribution in [0, 0.1) is 0 Å². The lowest BCUT2D eigenvalue weighted by molar-refractivity contribution is -0.115. The summed E-state index contributed by atoms with van der Waals surface area (Å²) in [5.41, 5.74) is 1.70. The first-order valence-electron chi connectivity index (χ1n) is 5.47. The van der Waals surface area contributed by atoms with Crippen molar-refractivity contribution in [3.63, 3.8) is 0 Å². The first-order valence-corrected chi connectivity index (χ1v) is 6.29.